The van der Waals surface area contributed by atoms with E-state index in [0.717, 1.165) is 51.5 Å². The van der Waals surface area contributed by atoms with Gasteiger partial charge in [0.25, 0.3) is 0 Å². The molecule has 0 aromatic carbocycles. The highest BCUT2D eigenvalue weighted by molar-refractivity contribution is 5.82. The summed E-state index contributed by atoms with van der Waals surface area (Å²) in [5.41, 5.74) is 0. The third-order valence-corrected chi connectivity index (χ3v) is 4.74. The second-order valence-corrected chi connectivity index (χ2v) is 6.10. The predicted octanol–water partition coefficient (Wildman–Crippen LogP) is 0.290. The van der Waals surface area contributed by atoms with Gasteiger partial charge in [-0.25, -0.2) is 0 Å². The second-order valence-electron chi connectivity index (χ2n) is 6.10. The number of carbonyl (C=O) groups excluding carboxylic acids is 1. The third-order valence-electron chi connectivity index (χ3n) is 4.74. The summed E-state index contributed by atoms with van der Waals surface area (Å²) in [6, 6.07) is -0.163. The zero-order valence-corrected chi connectivity index (χ0v) is 12.8. The second kappa shape index (κ2) is 7.38. The Hall–Kier alpha value is -0.650. The van der Waals surface area contributed by atoms with Crippen LogP contribution in [0.1, 0.15) is 33.1 Å². The molecule has 2 rings (SSSR count). The van der Waals surface area contributed by atoms with Gasteiger partial charge < -0.3 is 20.2 Å². The molecule has 2 heterocycles. The van der Waals surface area contributed by atoms with Crippen molar-refractivity contribution in [3.63, 3.8) is 0 Å². The molecule has 20 heavy (non-hydrogen) atoms. The summed E-state index contributed by atoms with van der Waals surface area (Å²) < 4.78 is 0. The first-order chi connectivity index (χ1) is 9.63. The average Bonchev–Trinajstić information content (AvgIpc) is 2.91. The van der Waals surface area contributed by atoms with Crippen molar-refractivity contribution in [2.75, 3.05) is 39.3 Å². The third kappa shape index (κ3) is 3.93. The van der Waals surface area contributed by atoms with E-state index in [4.69, 9.17) is 0 Å². The molecule has 0 aliphatic carbocycles. The molecular weight excluding hydrogens is 254 g/mol. The zero-order chi connectivity index (χ0) is 14.5. The van der Waals surface area contributed by atoms with Gasteiger partial charge in [0, 0.05) is 26.2 Å². The van der Waals surface area contributed by atoms with Crippen molar-refractivity contribution in [1.82, 2.24) is 15.1 Å². The maximum absolute atomic E-state index is 12.3. The fraction of sp³-hybridized carbons (Fsp3) is 0.933. The summed E-state index contributed by atoms with van der Waals surface area (Å²) in [6.07, 6.45) is 2.43. The Morgan fingerprint density at radius 2 is 1.95 bits per heavy atom. The molecule has 0 saturated carbocycles. The van der Waals surface area contributed by atoms with E-state index in [-0.39, 0.29) is 18.1 Å². The molecule has 0 aromatic heterocycles. The van der Waals surface area contributed by atoms with Gasteiger partial charge in [-0.1, -0.05) is 13.8 Å². The van der Waals surface area contributed by atoms with Crippen LogP contribution in [0.4, 0.5) is 0 Å². The highest BCUT2D eigenvalue weighted by atomic mass is 16.3. The predicted molar refractivity (Wildman–Crippen MR) is 79.5 cm³/mol. The molecule has 2 fully saturated rings. The van der Waals surface area contributed by atoms with Crippen LogP contribution in [0, 0.1) is 5.92 Å². The topological polar surface area (TPSA) is 55.8 Å². The van der Waals surface area contributed by atoms with Gasteiger partial charge in [0.2, 0.25) is 5.91 Å². The Bertz CT molecular complexity index is 312. The number of nitrogens with zero attached hydrogens (tertiary/aromatic N) is 2. The molecule has 2 aliphatic rings. The van der Waals surface area contributed by atoms with E-state index in [2.05, 4.69) is 24.1 Å². The number of likely N-dealkylation sites (tertiary alicyclic amines) is 1. The Balaban J connectivity index is 1.75. The van der Waals surface area contributed by atoms with Crippen LogP contribution in [0.5, 0.6) is 0 Å². The quantitative estimate of drug-likeness (QED) is 0.761. The van der Waals surface area contributed by atoms with E-state index in [9.17, 15) is 9.90 Å². The monoisotopic (exact) mass is 283 g/mol. The maximum atomic E-state index is 12.3. The van der Waals surface area contributed by atoms with Gasteiger partial charge in [-0.2, -0.15) is 0 Å². The number of carbonyl (C=O) groups is 1. The molecule has 2 saturated heterocycles. The van der Waals surface area contributed by atoms with E-state index >= 15 is 0 Å². The van der Waals surface area contributed by atoms with Gasteiger partial charge >= 0.3 is 0 Å². The standard InChI is InChI=1S/C15H29N3O2/c1-3-17(4-2)11-12-5-7-18(8-6-12)15(20)14-9-13(19)10-16-14/h12-14,16,19H,3-11H2,1-2H3. The van der Waals surface area contributed by atoms with Gasteiger partial charge in [0.15, 0.2) is 0 Å². The number of aliphatic hydroxyl groups excluding tert-OH is 1. The Kier molecular flexibility index (Phi) is 5.81. The number of hydrogen-bond acceptors (Lipinski definition) is 4. The van der Waals surface area contributed by atoms with Crippen LogP contribution < -0.4 is 5.32 Å². The zero-order valence-electron chi connectivity index (χ0n) is 12.8. The van der Waals surface area contributed by atoms with Crippen LogP contribution in [-0.2, 0) is 4.79 Å². The van der Waals surface area contributed by atoms with Gasteiger partial charge in [-0.3, -0.25) is 4.79 Å². The van der Waals surface area contributed by atoms with Crippen LogP contribution in [0.25, 0.3) is 0 Å². The van der Waals surface area contributed by atoms with Crippen LogP contribution >= 0.6 is 0 Å². The number of rotatable bonds is 5. The number of amides is 1. The number of β-amino-alcohol motifs (C(OH)–C–C–N with tert-alkyl or cyclic N) is 1. The lowest BCUT2D eigenvalue weighted by Crippen LogP contribution is -2.48. The summed E-state index contributed by atoms with van der Waals surface area (Å²) in [4.78, 5) is 16.8. The fourth-order valence-corrected chi connectivity index (χ4v) is 3.31. The smallest absolute Gasteiger partial charge is 0.239 e. The Morgan fingerprint density at radius 3 is 2.45 bits per heavy atom. The first-order valence-corrected chi connectivity index (χ1v) is 8.06. The lowest BCUT2D eigenvalue weighted by Gasteiger charge is -2.35. The molecule has 2 atom stereocenters. The lowest BCUT2D eigenvalue weighted by atomic mass is 9.95. The molecule has 2 unspecified atom stereocenters. The minimum Gasteiger partial charge on any atom is -0.392 e. The van der Waals surface area contributed by atoms with Crippen molar-refractivity contribution in [3.05, 3.63) is 0 Å². The molecule has 2 aliphatic heterocycles. The van der Waals surface area contributed by atoms with Crippen molar-refractivity contribution in [3.8, 4) is 0 Å². The number of hydrogen-bond donors (Lipinski definition) is 2. The maximum Gasteiger partial charge on any atom is 0.239 e. The largest absolute Gasteiger partial charge is 0.392 e. The van der Waals surface area contributed by atoms with Gasteiger partial charge in [0.1, 0.15) is 0 Å². The van der Waals surface area contributed by atoms with Crippen molar-refractivity contribution in [2.24, 2.45) is 5.92 Å². The van der Waals surface area contributed by atoms with Crippen LogP contribution in [0.3, 0.4) is 0 Å². The van der Waals surface area contributed by atoms with E-state index in [1.54, 1.807) is 0 Å². The summed E-state index contributed by atoms with van der Waals surface area (Å²) in [7, 11) is 0. The molecule has 1 amide bonds. The van der Waals surface area contributed by atoms with Crippen molar-refractivity contribution < 1.29 is 9.90 Å². The average molecular weight is 283 g/mol. The fourth-order valence-electron chi connectivity index (χ4n) is 3.31. The lowest BCUT2D eigenvalue weighted by molar-refractivity contribution is -0.134. The number of aliphatic hydroxyl groups is 1. The number of nitrogens with one attached hydrogen (secondary N) is 1. The van der Waals surface area contributed by atoms with E-state index in [1.807, 2.05) is 4.90 Å². The van der Waals surface area contributed by atoms with Crippen molar-refractivity contribution >= 4 is 5.91 Å². The first-order valence-electron chi connectivity index (χ1n) is 8.06. The summed E-state index contributed by atoms with van der Waals surface area (Å²) in [5.74, 6) is 0.906. The molecule has 0 aromatic rings. The van der Waals surface area contributed by atoms with Gasteiger partial charge in [-0.05, 0) is 38.3 Å². The van der Waals surface area contributed by atoms with Crippen molar-refractivity contribution in [2.45, 2.75) is 45.3 Å². The molecule has 0 radical (unpaired) electrons. The highest BCUT2D eigenvalue weighted by Crippen LogP contribution is 2.20. The Morgan fingerprint density at radius 1 is 1.30 bits per heavy atom. The van der Waals surface area contributed by atoms with Crippen LogP contribution in [0.2, 0.25) is 0 Å². The summed E-state index contributed by atoms with van der Waals surface area (Å²) in [6.45, 7) is 10.1. The molecule has 0 bridgehead atoms. The van der Waals surface area contributed by atoms with Gasteiger partial charge in [0.05, 0.1) is 12.1 Å². The first kappa shape index (κ1) is 15.7. The van der Waals surface area contributed by atoms with E-state index in [1.165, 1.54) is 0 Å². The van der Waals surface area contributed by atoms with Crippen LogP contribution in [0.15, 0.2) is 0 Å². The minimum absolute atomic E-state index is 0.163. The summed E-state index contributed by atoms with van der Waals surface area (Å²) >= 11 is 0. The molecule has 5 heteroatoms. The molecule has 116 valence electrons. The minimum atomic E-state index is -0.357. The molecule has 5 nitrogen and oxygen atoms in total. The molecular formula is C15H29N3O2. The van der Waals surface area contributed by atoms with E-state index in [0.29, 0.717) is 13.0 Å². The van der Waals surface area contributed by atoms with E-state index < -0.39 is 0 Å². The SMILES string of the molecule is CCN(CC)CC1CCN(C(=O)C2CC(O)CN2)CC1. The molecule has 0 spiro atoms. The Labute approximate surface area is 122 Å². The normalized spacial score (nSPS) is 28.3. The van der Waals surface area contributed by atoms with Crippen LogP contribution in [-0.4, -0.2) is 72.2 Å². The van der Waals surface area contributed by atoms with Crippen molar-refractivity contribution in [1.29, 1.82) is 0 Å². The molecule has 2 N–H and O–H groups in total. The van der Waals surface area contributed by atoms with Gasteiger partial charge in [-0.15, -0.1) is 0 Å². The summed E-state index contributed by atoms with van der Waals surface area (Å²) in [5, 5.41) is 12.6. The number of piperidine rings is 1. The highest BCUT2D eigenvalue weighted by Gasteiger charge is 2.33.